The average Bonchev–Trinajstić information content (AvgIpc) is 2.92. The van der Waals surface area contributed by atoms with Gasteiger partial charge in [0, 0.05) is 17.6 Å². The van der Waals surface area contributed by atoms with E-state index >= 15 is 0 Å². The molecule has 5 heteroatoms. The number of nitrogens with zero attached hydrogens (tertiary/aromatic N) is 1. The Labute approximate surface area is 226 Å². The molecule has 4 nitrogen and oxygen atoms in total. The highest BCUT2D eigenvalue weighted by molar-refractivity contribution is 6.98. The Morgan fingerprint density at radius 2 is 1.08 bits per heavy atom. The van der Waals surface area contributed by atoms with Gasteiger partial charge in [-0.2, -0.15) is 0 Å². The first-order chi connectivity index (χ1) is 19.3. The molecule has 0 fully saturated rings. The number of hydrogen-bond acceptors (Lipinski definition) is 4. The highest BCUT2D eigenvalue weighted by Gasteiger charge is 2.44. The van der Waals surface area contributed by atoms with Crippen LogP contribution in [0.1, 0.15) is 22.3 Å². The summed E-state index contributed by atoms with van der Waals surface area (Å²) in [5.74, 6) is 5.54. The van der Waals surface area contributed by atoms with Crippen LogP contribution in [0.4, 0.5) is 17.1 Å². The van der Waals surface area contributed by atoms with E-state index in [4.69, 9.17) is 14.2 Å². The number of fused-ring (bicyclic) bond motifs is 10. The van der Waals surface area contributed by atoms with E-state index in [-0.39, 0.29) is 6.71 Å². The number of aryl methyl sites for hydroxylation is 2. The fourth-order valence-electron chi connectivity index (χ4n) is 7.10. The summed E-state index contributed by atoms with van der Waals surface area (Å²) >= 11 is 0. The Balaban J connectivity index is 1.24. The fourth-order valence-corrected chi connectivity index (χ4v) is 7.10. The molecular weight excluding hydrogens is 481 g/mol. The molecule has 184 valence electrons. The van der Waals surface area contributed by atoms with Crippen molar-refractivity contribution in [3.05, 3.63) is 107 Å². The van der Waals surface area contributed by atoms with Gasteiger partial charge in [-0.25, -0.2) is 0 Å². The van der Waals surface area contributed by atoms with E-state index in [0.717, 1.165) is 82.7 Å². The highest BCUT2D eigenvalue weighted by atomic mass is 16.5. The Bertz CT molecular complexity index is 1800. The summed E-state index contributed by atoms with van der Waals surface area (Å²) in [5, 5.41) is 0. The second-order valence-electron chi connectivity index (χ2n) is 11.1. The van der Waals surface area contributed by atoms with Gasteiger partial charge in [0.1, 0.15) is 23.0 Å². The van der Waals surface area contributed by atoms with Gasteiger partial charge in [0.2, 0.25) is 0 Å². The van der Waals surface area contributed by atoms with E-state index in [1.165, 1.54) is 33.2 Å². The maximum Gasteiger partial charge on any atom is 0.260 e. The van der Waals surface area contributed by atoms with Crippen LogP contribution in [0.2, 0.25) is 0 Å². The molecule has 0 unspecified atom stereocenters. The number of rotatable bonds is 1. The van der Waals surface area contributed by atoms with Gasteiger partial charge >= 0.3 is 0 Å². The summed E-state index contributed by atoms with van der Waals surface area (Å²) in [6, 6.07) is 30.0. The quantitative estimate of drug-likeness (QED) is 0.250. The van der Waals surface area contributed by atoms with Crippen LogP contribution >= 0.6 is 0 Å². The summed E-state index contributed by atoms with van der Waals surface area (Å²) in [7, 11) is 0. The maximum atomic E-state index is 6.84. The number of para-hydroxylation sites is 4. The van der Waals surface area contributed by atoms with Crippen LogP contribution in [0.15, 0.2) is 84.9 Å². The third kappa shape index (κ3) is 2.55. The molecule has 0 N–H and O–H groups in total. The summed E-state index contributed by atoms with van der Waals surface area (Å²) < 4.78 is 20.0. The predicted octanol–water partition coefficient (Wildman–Crippen LogP) is 6.19. The molecule has 10 rings (SSSR count). The number of benzene rings is 5. The van der Waals surface area contributed by atoms with Crippen LogP contribution in [0.3, 0.4) is 0 Å². The van der Waals surface area contributed by atoms with Crippen molar-refractivity contribution < 1.29 is 14.2 Å². The van der Waals surface area contributed by atoms with Crippen molar-refractivity contribution >= 4 is 40.2 Å². The van der Waals surface area contributed by atoms with Crippen molar-refractivity contribution in [2.75, 3.05) is 4.90 Å². The first-order valence-electron chi connectivity index (χ1n) is 13.8. The minimum Gasteiger partial charge on any atom is -0.458 e. The first kappa shape index (κ1) is 20.3. The molecule has 39 heavy (non-hydrogen) atoms. The Hall–Kier alpha value is -4.64. The molecule has 0 aromatic heterocycles. The summed E-state index contributed by atoms with van der Waals surface area (Å²) in [6.07, 6.45) is 4.41. The molecule has 3 aliphatic heterocycles. The molecule has 0 bridgehead atoms. The van der Waals surface area contributed by atoms with Crippen molar-refractivity contribution in [1.82, 2.24) is 0 Å². The molecular formula is C34H22BNO3. The number of anilines is 3. The van der Waals surface area contributed by atoms with E-state index in [2.05, 4.69) is 65.6 Å². The standard InChI is InChI=1S/C34H22BNO3/c1-3-7-28-26(5-1)36(27-6-2-4-8-29(27)37-28)21-17-30-32-31(18-21)39-34-23-14-10-20(23)12-16-25(34)35(32)24-15-11-19-9-13-22(19)33(24)38-30/h1-8,11-12,15-18H,9-10,13-14H2. The smallest absolute Gasteiger partial charge is 0.260 e. The van der Waals surface area contributed by atoms with Crippen LogP contribution in [0, 0.1) is 0 Å². The van der Waals surface area contributed by atoms with Gasteiger partial charge in [-0.15, -0.1) is 0 Å². The van der Waals surface area contributed by atoms with E-state index in [1.807, 2.05) is 24.3 Å². The lowest BCUT2D eigenvalue weighted by molar-refractivity contribution is 0.453. The number of hydrogen-bond donors (Lipinski definition) is 0. The second kappa shape index (κ2) is 7.06. The fraction of sp³-hybridized carbons (Fsp3) is 0.118. The maximum absolute atomic E-state index is 6.84. The minimum atomic E-state index is 0.109. The van der Waals surface area contributed by atoms with Gasteiger partial charge in [0.05, 0.1) is 17.1 Å². The average molecular weight is 503 g/mol. The van der Waals surface area contributed by atoms with Crippen molar-refractivity contribution in [3.8, 4) is 34.5 Å². The largest absolute Gasteiger partial charge is 0.458 e. The van der Waals surface area contributed by atoms with Crippen LogP contribution in [-0.2, 0) is 25.7 Å². The monoisotopic (exact) mass is 503 g/mol. The minimum absolute atomic E-state index is 0.109. The summed E-state index contributed by atoms with van der Waals surface area (Å²) in [6.45, 7) is 0.109. The molecule has 0 spiro atoms. The second-order valence-corrected chi connectivity index (χ2v) is 11.1. The Morgan fingerprint density at radius 1 is 0.538 bits per heavy atom. The SMILES string of the molecule is c1ccc2c(c1)Oc1ccccc1N2c1cc2c3c(c1)Oc1c(ccc4c1CC4)B3c1ccc3c(c1O2)CC3. The first-order valence-corrected chi connectivity index (χ1v) is 13.8. The molecule has 3 heterocycles. The third-order valence-corrected chi connectivity index (χ3v) is 9.18. The summed E-state index contributed by atoms with van der Waals surface area (Å²) in [5.41, 5.74) is 12.2. The molecule has 5 aromatic carbocycles. The third-order valence-electron chi connectivity index (χ3n) is 9.18. The lowest BCUT2D eigenvalue weighted by atomic mass is 9.34. The van der Waals surface area contributed by atoms with E-state index in [1.54, 1.807) is 0 Å². The molecule has 5 aliphatic rings. The van der Waals surface area contributed by atoms with Crippen molar-refractivity contribution in [3.63, 3.8) is 0 Å². The molecule has 0 atom stereocenters. The van der Waals surface area contributed by atoms with Gasteiger partial charge in [-0.3, -0.25) is 0 Å². The zero-order chi connectivity index (χ0) is 25.2. The highest BCUT2D eigenvalue weighted by Crippen LogP contribution is 2.52. The molecule has 2 aliphatic carbocycles. The molecule has 0 radical (unpaired) electrons. The normalized spacial score (nSPS) is 15.8. The summed E-state index contributed by atoms with van der Waals surface area (Å²) in [4.78, 5) is 2.27. The van der Waals surface area contributed by atoms with E-state index < -0.39 is 0 Å². The lowest BCUT2D eigenvalue weighted by Gasteiger charge is -2.39. The Morgan fingerprint density at radius 3 is 1.59 bits per heavy atom. The van der Waals surface area contributed by atoms with E-state index in [0.29, 0.717) is 0 Å². The molecule has 0 amide bonds. The lowest BCUT2D eigenvalue weighted by Crippen LogP contribution is -2.58. The van der Waals surface area contributed by atoms with Crippen molar-refractivity contribution in [2.45, 2.75) is 25.7 Å². The molecule has 5 aromatic rings. The Kier molecular flexibility index (Phi) is 3.68. The predicted molar refractivity (Wildman–Crippen MR) is 154 cm³/mol. The van der Waals surface area contributed by atoms with E-state index in [9.17, 15) is 0 Å². The molecule has 0 saturated heterocycles. The van der Waals surface area contributed by atoms with Gasteiger partial charge in [-0.05, 0) is 83.1 Å². The van der Waals surface area contributed by atoms with Gasteiger partial charge in [0.25, 0.3) is 6.71 Å². The molecule has 0 saturated carbocycles. The van der Waals surface area contributed by atoms with Gasteiger partial charge < -0.3 is 19.1 Å². The van der Waals surface area contributed by atoms with Crippen LogP contribution in [0.25, 0.3) is 0 Å². The van der Waals surface area contributed by atoms with Crippen LogP contribution in [0.5, 0.6) is 34.5 Å². The van der Waals surface area contributed by atoms with Gasteiger partial charge in [-0.1, -0.05) is 48.5 Å². The van der Waals surface area contributed by atoms with Crippen LogP contribution < -0.4 is 35.5 Å². The van der Waals surface area contributed by atoms with Crippen LogP contribution in [-0.4, -0.2) is 6.71 Å². The van der Waals surface area contributed by atoms with Crippen molar-refractivity contribution in [1.29, 1.82) is 0 Å². The number of ether oxygens (including phenoxy) is 3. The van der Waals surface area contributed by atoms with Crippen molar-refractivity contribution in [2.24, 2.45) is 0 Å². The zero-order valence-electron chi connectivity index (χ0n) is 21.2. The topological polar surface area (TPSA) is 30.9 Å². The van der Waals surface area contributed by atoms with Gasteiger partial charge in [0.15, 0.2) is 11.5 Å². The zero-order valence-corrected chi connectivity index (χ0v) is 21.2.